The van der Waals surface area contributed by atoms with Gasteiger partial charge in [-0.15, -0.1) is 0 Å². The normalized spacial score (nSPS) is 20.9. The van der Waals surface area contributed by atoms with E-state index in [1.165, 1.54) is 18.4 Å². The highest BCUT2D eigenvalue weighted by atomic mass is 35.5. The molecule has 1 N–H and O–H groups in total. The highest BCUT2D eigenvalue weighted by Gasteiger charge is 2.37. The lowest BCUT2D eigenvalue weighted by atomic mass is 9.97. The third-order valence-corrected chi connectivity index (χ3v) is 5.04. The zero-order chi connectivity index (χ0) is 16.9. The first kappa shape index (κ1) is 17.0. The van der Waals surface area contributed by atoms with Crippen molar-refractivity contribution in [2.45, 2.75) is 38.5 Å². The highest BCUT2D eigenvalue weighted by molar-refractivity contribution is 6.30. The number of benzene rings is 1. The summed E-state index contributed by atoms with van der Waals surface area (Å²) in [5.41, 5.74) is 2.23. The van der Waals surface area contributed by atoms with E-state index in [2.05, 4.69) is 11.4 Å². The fourth-order valence-corrected chi connectivity index (χ4v) is 3.53. The Balaban J connectivity index is 1.51. The number of amides is 2. The van der Waals surface area contributed by atoms with Crippen LogP contribution in [0, 0.1) is 5.92 Å². The first-order chi connectivity index (χ1) is 11.6. The van der Waals surface area contributed by atoms with Crippen molar-refractivity contribution in [2.75, 3.05) is 18.0 Å². The van der Waals surface area contributed by atoms with E-state index in [4.69, 9.17) is 11.6 Å². The Labute approximate surface area is 147 Å². The predicted molar refractivity (Wildman–Crippen MR) is 96.1 cm³/mol. The molecule has 0 saturated carbocycles. The molecular weight excluding hydrogens is 324 g/mol. The fraction of sp³-hybridized carbons (Fsp3) is 0.474. The molecule has 1 fully saturated rings. The number of anilines is 1. The van der Waals surface area contributed by atoms with Crippen LogP contribution >= 0.6 is 11.6 Å². The van der Waals surface area contributed by atoms with Gasteiger partial charge in [-0.25, -0.2) is 0 Å². The minimum atomic E-state index is -0.569. The van der Waals surface area contributed by atoms with Gasteiger partial charge in [0.25, 0.3) is 0 Å². The summed E-state index contributed by atoms with van der Waals surface area (Å²) in [6.45, 7) is 1.19. The SMILES string of the molecule is O=C(NCCC1=CCCCC1)C1CCN(c2ccc(Cl)cc2)C1=O. The van der Waals surface area contributed by atoms with Gasteiger partial charge >= 0.3 is 0 Å². The zero-order valence-corrected chi connectivity index (χ0v) is 14.5. The van der Waals surface area contributed by atoms with Crippen LogP contribution in [-0.4, -0.2) is 24.9 Å². The van der Waals surface area contributed by atoms with E-state index in [-0.39, 0.29) is 11.8 Å². The van der Waals surface area contributed by atoms with E-state index >= 15 is 0 Å². The maximum absolute atomic E-state index is 12.5. The lowest BCUT2D eigenvalue weighted by Crippen LogP contribution is -2.37. The Hall–Kier alpha value is -1.81. The van der Waals surface area contributed by atoms with E-state index in [1.54, 1.807) is 17.0 Å². The van der Waals surface area contributed by atoms with Gasteiger partial charge in [0.2, 0.25) is 11.8 Å². The van der Waals surface area contributed by atoms with Crippen molar-refractivity contribution in [2.24, 2.45) is 5.92 Å². The molecule has 1 atom stereocenters. The second-order valence-electron chi connectivity index (χ2n) is 6.46. The molecule has 2 aliphatic rings. The van der Waals surface area contributed by atoms with Crippen LogP contribution in [0.25, 0.3) is 0 Å². The number of carbonyl (C=O) groups excluding carboxylic acids is 2. The molecule has 1 aliphatic carbocycles. The number of nitrogens with zero attached hydrogens (tertiary/aromatic N) is 1. The first-order valence-electron chi connectivity index (χ1n) is 8.68. The summed E-state index contributed by atoms with van der Waals surface area (Å²) in [6, 6.07) is 7.15. The van der Waals surface area contributed by atoms with Crippen LogP contribution in [-0.2, 0) is 9.59 Å². The molecule has 24 heavy (non-hydrogen) atoms. The molecule has 0 aromatic heterocycles. The van der Waals surface area contributed by atoms with Crippen LogP contribution in [0.5, 0.6) is 0 Å². The van der Waals surface area contributed by atoms with Crippen molar-refractivity contribution in [1.82, 2.24) is 5.32 Å². The van der Waals surface area contributed by atoms with Crippen molar-refractivity contribution in [3.05, 3.63) is 40.9 Å². The quantitative estimate of drug-likeness (QED) is 0.652. The molecule has 1 unspecified atom stereocenters. The van der Waals surface area contributed by atoms with Crippen LogP contribution < -0.4 is 10.2 Å². The molecule has 3 rings (SSSR count). The number of allylic oxidation sites excluding steroid dienone is 1. The van der Waals surface area contributed by atoms with Crippen molar-refractivity contribution in [3.8, 4) is 0 Å². The van der Waals surface area contributed by atoms with Crippen molar-refractivity contribution < 1.29 is 9.59 Å². The van der Waals surface area contributed by atoms with Crippen LogP contribution in [0.15, 0.2) is 35.9 Å². The van der Waals surface area contributed by atoms with E-state index in [9.17, 15) is 9.59 Å². The van der Waals surface area contributed by atoms with E-state index in [0.717, 1.165) is 24.9 Å². The average molecular weight is 347 g/mol. The molecule has 5 heteroatoms. The van der Waals surface area contributed by atoms with Crippen LogP contribution in [0.4, 0.5) is 5.69 Å². The van der Waals surface area contributed by atoms with Gasteiger partial charge in [0.05, 0.1) is 0 Å². The fourth-order valence-electron chi connectivity index (χ4n) is 3.40. The maximum atomic E-state index is 12.5. The standard InChI is InChI=1S/C19H23ClN2O2/c20-15-6-8-16(9-7-15)22-13-11-17(19(22)24)18(23)21-12-10-14-4-2-1-3-5-14/h4,6-9,17H,1-3,5,10-13H2,(H,21,23). The maximum Gasteiger partial charge on any atom is 0.239 e. The molecule has 1 aromatic rings. The molecular formula is C19H23ClN2O2. The number of hydrogen-bond donors (Lipinski definition) is 1. The van der Waals surface area contributed by atoms with Crippen molar-refractivity contribution in [3.63, 3.8) is 0 Å². The molecule has 0 radical (unpaired) electrons. The largest absolute Gasteiger partial charge is 0.355 e. The molecule has 2 amide bonds. The number of halogens is 1. The molecule has 128 valence electrons. The molecule has 4 nitrogen and oxygen atoms in total. The third-order valence-electron chi connectivity index (χ3n) is 4.79. The van der Waals surface area contributed by atoms with Gasteiger partial charge in [-0.3, -0.25) is 9.59 Å². The third kappa shape index (κ3) is 3.99. The summed E-state index contributed by atoms with van der Waals surface area (Å²) in [7, 11) is 0. The van der Waals surface area contributed by atoms with Gasteiger partial charge in [0, 0.05) is 23.8 Å². The summed E-state index contributed by atoms with van der Waals surface area (Å²) in [6.07, 6.45) is 8.56. The minimum Gasteiger partial charge on any atom is -0.355 e. The van der Waals surface area contributed by atoms with Crippen molar-refractivity contribution >= 4 is 29.1 Å². The lowest BCUT2D eigenvalue weighted by Gasteiger charge is -2.17. The molecule has 1 saturated heterocycles. The topological polar surface area (TPSA) is 49.4 Å². The minimum absolute atomic E-state index is 0.119. The zero-order valence-electron chi connectivity index (χ0n) is 13.8. The van der Waals surface area contributed by atoms with Crippen LogP contribution in [0.3, 0.4) is 0 Å². The summed E-state index contributed by atoms with van der Waals surface area (Å²) in [5.74, 6) is -0.833. The molecule has 1 heterocycles. The van der Waals surface area contributed by atoms with Crippen LogP contribution in [0.1, 0.15) is 38.5 Å². The number of nitrogens with one attached hydrogen (secondary N) is 1. The Kier molecular flexibility index (Phi) is 5.56. The van der Waals surface area contributed by atoms with Gasteiger partial charge in [-0.1, -0.05) is 23.3 Å². The first-order valence-corrected chi connectivity index (χ1v) is 9.05. The molecule has 0 spiro atoms. The molecule has 0 bridgehead atoms. The monoisotopic (exact) mass is 346 g/mol. The van der Waals surface area contributed by atoms with E-state index < -0.39 is 5.92 Å². The highest BCUT2D eigenvalue weighted by Crippen LogP contribution is 2.26. The van der Waals surface area contributed by atoms with Gasteiger partial charge in [-0.05, 0) is 62.8 Å². The van der Waals surface area contributed by atoms with Crippen molar-refractivity contribution in [1.29, 1.82) is 0 Å². The Morgan fingerprint density at radius 1 is 1.25 bits per heavy atom. The number of rotatable bonds is 5. The van der Waals surface area contributed by atoms with Gasteiger partial charge in [0.15, 0.2) is 0 Å². The average Bonchev–Trinajstić information content (AvgIpc) is 2.98. The number of carbonyl (C=O) groups is 2. The second-order valence-corrected chi connectivity index (χ2v) is 6.89. The summed E-state index contributed by atoms with van der Waals surface area (Å²) < 4.78 is 0. The molecule has 1 aliphatic heterocycles. The second kappa shape index (κ2) is 7.84. The summed E-state index contributed by atoms with van der Waals surface area (Å²) >= 11 is 5.88. The van der Waals surface area contributed by atoms with E-state index in [0.29, 0.717) is 24.5 Å². The van der Waals surface area contributed by atoms with Crippen LogP contribution in [0.2, 0.25) is 5.02 Å². The smallest absolute Gasteiger partial charge is 0.239 e. The van der Waals surface area contributed by atoms with Gasteiger partial charge in [-0.2, -0.15) is 0 Å². The summed E-state index contributed by atoms with van der Waals surface area (Å²) in [5, 5.41) is 3.57. The predicted octanol–water partition coefficient (Wildman–Crippen LogP) is 3.70. The van der Waals surface area contributed by atoms with Gasteiger partial charge in [0.1, 0.15) is 5.92 Å². The Morgan fingerprint density at radius 2 is 2.04 bits per heavy atom. The Morgan fingerprint density at radius 3 is 2.75 bits per heavy atom. The Bertz CT molecular complexity index is 639. The lowest BCUT2D eigenvalue weighted by molar-refractivity contribution is -0.132. The van der Waals surface area contributed by atoms with E-state index in [1.807, 2.05) is 12.1 Å². The summed E-state index contributed by atoms with van der Waals surface area (Å²) in [4.78, 5) is 26.5. The number of hydrogen-bond acceptors (Lipinski definition) is 2. The molecule has 1 aromatic carbocycles. The van der Waals surface area contributed by atoms with Gasteiger partial charge < -0.3 is 10.2 Å².